The van der Waals surface area contributed by atoms with Crippen LogP contribution in [0.2, 0.25) is 10.2 Å². The third-order valence-corrected chi connectivity index (χ3v) is 4.90. The van der Waals surface area contributed by atoms with Crippen LogP contribution in [0.25, 0.3) is 10.9 Å². The number of nitrogens with one attached hydrogen (secondary N) is 2. The van der Waals surface area contributed by atoms with Crippen LogP contribution in [-0.4, -0.2) is 22.6 Å². The molecule has 25 heavy (non-hydrogen) atoms. The van der Waals surface area contributed by atoms with Gasteiger partial charge in [-0.05, 0) is 23.8 Å². The maximum absolute atomic E-state index is 6.10. The van der Waals surface area contributed by atoms with Crippen molar-refractivity contribution in [2.24, 2.45) is 12.0 Å². The summed E-state index contributed by atoms with van der Waals surface area (Å²) in [5, 5.41) is 8.81. The molecule has 0 amide bonds. The van der Waals surface area contributed by atoms with Crippen molar-refractivity contribution < 1.29 is 0 Å². The number of para-hydroxylation sites is 1. The predicted octanol–water partition coefficient (Wildman–Crippen LogP) is 3.75. The first-order chi connectivity index (χ1) is 12.1. The van der Waals surface area contributed by atoms with E-state index in [1.807, 2.05) is 48.1 Å². The van der Waals surface area contributed by atoms with Crippen LogP contribution in [0.3, 0.4) is 0 Å². The number of hydrogen-bond acceptors (Lipinski definition) is 2. The zero-order valence-electron chi connectivity index (χ0n) is 14.1. The molecule has 0 saturated carbocycles. The minimum Gasteiger partial charge on any atom is -0.352 e. The van der Waals surface area contributed by atoms with Gasteiger partial charge >= 0.3 is 0 Å². The molecule has 0 aliphatic heterocycles. The molecule has 0 saturated heterocycles. The van der Waals surface area contributed by atoms with Crippen molar-refractivity contribution in [3.05, 3.63) is 64.0 Å². The molecule has 1 aromatic carbocycles. The fourth-order valence-electron chi connectivity index (χ4n) is 2.64. The zero-order chi connectivity index (χ0) is 17.8. The lowest BCUT2D eigenvalue weighted by Gasteiger charge is -2.13. The van der Waals surface area contributed by atoms with Gasteiger partial charge in [0.05, 0.1) is 17.1 Å². The fraction of sp³-hybridized carbons (Fsp3) is 0.222. The molecule has 2 heterocycles. The molecule has 3 rings (SSSR count). The van der Waals surface area contributed by atoms with Gasteiger partial charge in [-0.2, -0.15) is 0 Å². The Hall–Kier alpha value is -2.24. The summed E-state index contributed by atoms with van der Waals surface area (Å²) >= 11 is 12.1. The number of halogens is 2. The van der Waals surface area contributed by atoms with Gasteiger partial charge in [0.1, 0.15) is 5.15 Å². The first-order valence-electron chi connectivity index (χ1n) is 7.87. The van der Waals surface area contributed by atoms with Gasteiger partial charge in [-0.3, -0.25) is 9.98 Å². The number of pyridine rings is 1. The molecule has 0 atom stereocenters. The minimum absolute atomic E-state index is 0.532. The topological polar surface area (TPSA) is 54.2 Å². The highest BCUT2D eigenvalue weighted by molar-refractivity contribution is 6.41. The minimum atomic E-state index is 0.532. The predicted molar refractivity (Wildman–Crippen MR) is 104 cm³/mol. The largest absolute Gasteiger partial charge is 0.352 e. The SMILES string of the molecule is CN=C(NCc1ccnc2ccccc12)NCc1cc(Cl)c(Cl)n1C. The number of aromatic nitrogens is 2. The Morgan fingerprint density at radius 2 is 1.92 bits per heavy atom. The van der Waals surface area contributed by atoms with Crippen LogP contribution in [0.15, 0.2) is 47.6 Å². The Morgan fingerprint density at radius 3 is 2.64 bits per heavy atom. The highest BCUT2D eigenvalue weighted by atomic mass is 35.5. The average molecular weight is 376 g/mol. The molecule has 0 bridgehead atoms. The number of guanidine groups is 1. The van der Waals surface area contributed by atoms with Crippen LogP contribution in [0.4, 0.5) is 0 Å². The summed E-state index contributed by atoms with van der Waals surface area (Å²) in [6.07, 6.45) is 1.82. The number of hydrogen-bond donors (Lipinski definition) is 2. The summed E-state index contributed by atoms with van der Waals surface area (Å²) in [4.78, 5) is 8.64. The van der Waals surface area contributed by atoms with Crippen molar-refractivity contribution in [1.29, 1.82) is 0 Å². The van der Waals surface area contributed by atoms with E-state index in [1.165, 1.54) is 5.56 Å². The van der Waals surface area contributed by atoms with Crippen LogP contribution >= 0.6 is 23.2 Å². The van der Waals surface area contributed by atoms with Crippen molar-refractivity contribution in [2.45, 2.75) is 13.1 Å². The third-order valence-electron chi connectivity index (χ3n) is 4.06. The normalized spacial score (nSPS) is 11.8. The maximum atomic E-state index is 6.10. The van der Waals surface area contributed by atoms with E-state index in [-0.39, 0.29) is 0 Å². The molecule has 5 nitrogen and oxygen atoms in total. The Labute approximate surface area is 156 Å². The van der Waals surface area contributed by atoms with Crippen LogP contribution in [0, 0.1) is 0 Å². The molecule has 0 aliphatic carbocycles. The van der Waals surface area contributed by atoms with Crippen molar-refractivity contribution in [3.63, 3.8) is 0 Å². The highest BCUT2D eigenvalue weighted by Crippen LogP contribution is 2.24. The summed E-state index contributed by atoms with van der Waals surface area (Å²) in [7, 11) is 3.62. The van der Waals surface area contributed by atoms with E-state index in [0.29, 0.717) is 29.2 Å². The van der Waals surface area contributed by atoms with Crippen LogP contribution < -0.4 is 10.6 Å². The second-order valence-corrected chi connectivity index (χ2v) is 6.37. The van der Waals surface area contributed by atoms with Crippen molar-refractivity contribution in [3.8, 4) is 0 Å². The second-order valence-electron chi connectivity index (χ2n) is 5.60. The van der Waals surface area contributed by atoms with Crippen LogP contribution in [0.1, 0.15) is 11.3 Å². The smallest absolute Gasteiger partial charge is 0.191 e. The summed E-state index contributed by atoms with van der Waals surface area (Å²) in [6.45, 7) is 1.22. The molecular formula is C18H19Cl2N5. The van der Waals surface area contributed by atoms with Crippen molar-refractivity contribution >= 4 is 40.1 Å². The van der Waals surface area contributed by atoms with Gasteiger partial charge in [0, 0.05) is 37.9 Å². The number of benzene rings is 1. The summed E-state index contributed by atoms with van der Waals surface area (Å²) in [5.41, 5.74) is 3.13. The van der Waals surface area contributed by atoms with Gasteiger partial charge in [-0.15, -0.1) is 0 Å². The quantitative estimate of drug-likeness (QED) is 0.539. The molecule has 7 heteroatoms. The molecule has 0 unspecified atom stereocenters. The Kier molecular flexibility index (Phi) is 5.46. The van der Waals surface area contributed by atoms with E-state index in [1.54, 1.807) is 7.05 Å². The number of fused-ring (bicyclic) bond motifs is 1. The number of aliphatic imine (C=N–C) groups is 1. The van der Waals surface area contributed by atoms with Gasteiger partial charge in [-0.25, -0.2) is 0 Å². The monoisotopic (exact) mass is 375 g/mol. The Bertz CT molecular complexity index is 912. The zero-order valence-corrected chi connectivity index (χ0v) is 15.6. The second kappa shape index (κ2) is 7.76. The van der Waals surface area contributed by atoms with Gasteiger partial charge in [0.2, 0.25) is 0 Å². The first-order valence-corrected chi connectivity index (χ1v) is 8.62. The van der Waals surface area contributed by atoms with Crippen molar-refractivity contribution in [2.75, 3.05) is 7.05 Å². The molecule has 0 aliphatic rings. The number of rotatable bonds is 4. The van der Waals surface area contributed by atoms with E-state index in [2.05, 4.69) is 26.7 Å². The van der Waals surface area contributed by atoms with E-state index in [0.717, 1.165) is 16.6 Å². The van der Waals surface area contributed by atoms with Gasteiger partial charge in [0.25, 0.3) is 0 Å². The number of nitrogens with zero attached hydrogens (tertiary/aromatic N) is 3. The lowest BCUT2D eigenvalue weighted by molar-refractivity contribution is 0.751. The molecule has 2 N–H and O–H groups in total. The standard InChI is InChI=1S/C18H19Cl2N5/c1-21-18(24-11-13-9-15(19)17(20)25(13)2)23-10-12-7-8-22-16-6-4-3-5-14(12)16/h3-9H,10-11H2,1-2H3,(H2,21,23,24). The van der Waals surface area contributed by atoms with Gasteiger partial charge in [0.15, 0.2) is 5.96 Å². The van der Waals surface area contributed by atoms with Gasteiger partial charge < -0.3 is 15.2 Å². The molecular weight excluding hydrogens is 357 g/mol. The fourth-order valence-corrected chi connectivity index (χ4v) is 3.06. The van der Waals surface area contributed by atoms with E-state index in [9.17, 15) is 0 Å². The molecule has 3 aromatic rings. The van der Waals surface area contributed by atoms with Crippen molar-refractivity contribution in [1.82, 2.24) is 20.2 Å². The molecule has 2 aromatic heterocycles. The molecule has 0 spiro atoms. The molecule has 0 fully saturated rings. The van der Waals surface area contributed by atoms with E-state index >= 15 is 0 Å². The molecule has 0 radical (unpaired) electrons. The van der Waals surface area contributed by atoms with Crippen LogP contribution in [-0.2, 0) is 20.1 Å². The maximum Gasteiger partial charge on any atom is 0.191 e. The third kappa shape index (κ3) is 3.89. The summed E-state index contributed by atoms with van der Waals surface area (Å²) in [5.74, 6) is 0.703. The summed E-state index contributed by atoms with van der Waals surface area (Å²) in [6, 6.07) is 11.9. The molecule has 130 valence electrons. The Morgan fingerprint density at radius 1 is 1.16 bits per heavy atom. The lowest BCUT2D eigenvalue weighted by Crippen LogP contribution is -2.36. The highest BCUT2D eigenvalue weighted by Gasteiger charge is 2.09. The first kappa shape index (κ1) is 17.6. The average Bonchev–Trinajstić information content (AvgIpc) is 2.89. The van der Waals surface area contributed by atoms with E-state index < -0.39 is 0 Å². The lowest BCUT2D eigenvalue weighted by atomic mass is 10.1. The van der Waals surface area contributed by atoms with Crippen LogP contribution in [0.5, 0.6) is 0 Å². The van der Waals surface area contributed by atoms with Gasteiger partial charge in [-0.1, -0.05) is 41.4 Å². The summed E-state index contributed by atoms with van der Waals surface area (Å²) < 4.78 is 1.85. The van der Waals surface area contributed by atoms with E-state index in [4.69, 9.17) is 23.2 Å². The Balaban J connectivity index is 1.65.